The average molecular weight is 289 g/mol. The van der Waals surface area contributed by atoms with Gasteiger partial charge in [-0.25, -0.2) is 9.97 Å². The van der Waals surface area contributed by atoms with E-state index in [9.17, 15) is 13.2 Å². The Morgan fingerprint density at radius 2 is 2.16 bits per heavy atom. The van der Waals surface area contributed by atoms with Crippen molar-refractivity contribution in [3.05, 3.63) is 23.1 Å². The maximum atomic E-state index is 12.9. The molecule has 0 aliphatic heterocycles. The summed E-state index contributed by atoms with van der Waals surface area (Å²) in [5.41, 5.74) is 0.214. The van der Waals surface area contributed by atoms with Gasteiger partial charge in [0.05, 0.1) is 11.1 Å². The van der Waals surface area contributed by atoms with Crippen molar-refractivity contribution in [2.75, 3.05) is 0 Å². The standard InChI is InChI=1S/C11H8ClF3N4/c12-7-5-8-9(17-6-7)19(4-2-1-3-16)10(18-8)11(13,14)15/h5-6H,1-2,4H2. The maximum absolute atomic E-state index is 12.9. The van der Waals surface area contributed by atoms with Crippen molar-refractivity contribution in [1.29, 1.82) is 5.26 Å². The summed E-state index contributed by atoms with van der Waals surface area (Å²) in [6, 6.07) is 3.22. The van der Waals surface area contributed by atoms with Crippen molar-refractivity contribution in [2.45, 2.75) is 25.6 Å². The highest BCUT2D eigenvalue weighted by molar-refractivity contribution is 6.31. The van der Waals surface area contributed by atoms with Gasteiger partial charge in [0.15, 0.2) is 5.65 Å². The van der Waals surface area contributed by atoms with Gasteiger partial charge in [0.2, 0.25) is 5.82 Å². The smallest absolute Gasteiger partial charge is 0.305 e. The molecule has 2 aromatic heterocycles. The van der Waals surface area contributed by atoms with Crippen LogP contribution in [-0.2, 0) is 12.7 Å². The number of imidazole rings is 1. The second-order valence-corrected chi connectivity index (χ2v) is 4.28. The third-order valence-electron chi connectivity index (χ3n) is 2.48. The number of alkyl halides is 3. The molecular formula is C11H8ClF3N4. The lowest BCUT2D eigenvalue weighted by Gasteiger charge is -2.09. The second kappa shape index (κ2) is 5.05. The lowest BCUT2D eigenvalue weighted by Crippen LogP contribution is -2.15. The van der Waals surface area contributed by atoms with E-state index >= 15 is 0 Å². The molecule has 8 heteroatoms. The Hall–Kier alpha value is -1.81. The summed E-state index contributed by atoms with van der Waals surface area (Å²) in [6.07, 6.45) is -2.83. The number of hydrogen-bond donors (Lipinski definition) is 0. The van der Waals surface area contributed by atoms with Crippen LogP contribution < -0.4 is 0 Å². The zero-order valence-corrected chi connectivity index (χ0v) is 10.3. The van der Waals surface area contributed by atoms with Crippen molar-refractivity contribution in [1.82, 2.24) is 14.5 Å². The molecule has 0 aliphatic rings. The first-order valence-corrected chi connectivity index (χ1v) is 5.77. The van der Waals surface area contributed by atoms with Gasteiger partial charge in [0.25, 0.3) is 0 Å². The Morgan fingerprint density at radius 3 is 2.79 bits per heavy atom. The SMILES string of the molecule is N#CCCCn1c(C(F)(F)F)nc2cc(Cl)cnc21. The van der Waals surface area contributed by atoms with E-state index in [0.29, 0.717) is 6.42 Å². The molecule has 0 aliphatic carbocycles. The Labute approximate surface area is 111 Å². The van der Waals surface area contributed by atoms with Crippen molar-refractivity contribution in [3.8, 4) is 6.07 Å². The van der Waals surface area contributed by atoms with Crippen LogP contribution in [-0.4, -0.2) is 14.5 Å². The van der Waals surface area contributed by atoms with Gasteiger partial charge in [-0.15, -0.1) is 0 Å². The lowest BCUT2D eigenvalue weighted by molar-refractivity contribution is -0.147. The number of aromatic nitrogens is 3. The van der Waals surface area contributed by atoms with Crippen LogP contribution in [0.15, 0.2) is 12.3 Å². The Balaban J connectivity index is 2.53. The zero-order chi connectivity index (χ0) is 14.0. The number of halogens is 4. The van der Waals surface area contributed by atoms with Gasteiger partial charge in [-0.1, -0.05) is 11.6 Å². The summed E-state index contributed by atoms with van der Waals surface area (Å²) in [5, 5.41) is 8.67. The van der Waals surface area contributed by atoms with Gasteiger partial charge >= 0.3 is 6.18 Å². The van der Waals surface area contributed by atoms with Crippen LogP contribution in [0.3, 0.4) is 0 Å². The predicted molar refractivity (Wildman–Crippen MR) is 62.4 cm³/mol. The van der Waals surface area contributed by atoms with Crippen LogP contribution in [0.25, 0.3) is 11.2 Å². The normalized spacial score (nSPS) is 11.7. The second-order valence-electron chi connectivity index (χ2n) is 3.84. The molecule has 0 atom stereocenters. The molecule has 0 amide bonds. The number of unbranched alkanes of at least 4 members (excludes halogenated alkanes) is 1. The molecule has 0 saturated carbocycles. The van der Waals surface area contributed by atoms with Gasteiger partial charge in [-0.05, 0) is 12.5 Å². The van der Waals surface area contributed by atoms with Gasteiger partial charge in [0.1, 0.15) is 5.52 Å². The summed E-state index contributed by atoms with van der Waals surface area (Å²) in [5.74, 6) is -1.02. The largest absolute Gasteiger partial charge is 0.449 e. The van der Waals surface area contributed by atoms with E-state index in [2.05, 4.69) is 9.97 Å². The molecule has 0 aromatic carbocycles. The predicted octanol–water partition coefficient (Wildman–Crippen LogP) is 3.41. The van der Waals surface area contributed by atoms with E-state index in [0.717, 1.165) is 4.57 Å². The quantitative estimate of drug-likeness (QED) is 0.813. The minimum Gasteiger partial charge on any atom is -0.305 e. The van der Waals surface area contributed by atoms with E-state index in [1.807, 2.05) is 6.07 Å². The molecular weight excluding hydrogens is 281 g/mol. The molecule has 0 bridgehead atoms. The first-order chi connectivity index (χ1) is 8.93. The molecule has 0 saturated heterocycles. The molecule has 2 rings (SSSR count). The minimum atomic E-state index is -4.57. The van der Waals surface area contributed by atoms with Crippen molar-refractivity contribution in [2.24, 2.45) is 0 Å². The van der Waals surface area contributed by atoms with Crippen LogP contribution in [0.5, 0.6) is 0 Å². The third kappa shape index (κ3) is 2.79. The average Bonchev–Trinajstić information content (AvgIpc) is 2.67. The van der Waals surface area contributed by atoms with Crippen LogP contribution >= 0.6 is 11.6 Å². The number of nitriles is 1. The summed E-state index contributed by atoms with van der Waals surface area (Å²) in [4.78, 5) is 7.41. The van der Waals surface area contributed by atoms with Gasteiger partial charge in [0, 0.05) is 19.2 Å². The molecule has 0 N–H and O–H groups in total. The monoisotopic (exact) mass is 288 g/mol. The van der Waals surface area contributed by atoms with E-state index in [-0.39, 0.29) is 29.2 Å². The van der Waals surface area contributed by atoms with Gasteiger partial charge in [-0.2, -0.15) is 18.4 Å². The Morgan fingerprint density at radius 1 is 1.42 bits per heavy atom. The zero-order valence-electron chi connectivity index (χ0n) is 9.58. The molecule has 0 spiro atoms. The van der Waals surface area contributed by atoms with Gasteiger partial charge in [-0.3, -0.25) is 0 Å². The van der Waals surface area contributed by atoms with E-state index in [1.54, 1.807) is 0 Å². The maximum Gasteiger partial charge on any atom is 0.449 e. The fraction of sp³-hybridized carbons (Fsp3) is 0.364. The minimum absolute atomic E-state index is 0.0353. The molecule has 100 valence electrons. The van der Waals surface area contributed by atoms with Crippen LogP contribution in [0.4, 0.5) is 13.2 Å². The summed E-state index contributed by atoms with van der Waals surface area (Å²) < 4.78 is 39.6. The highest BCUT2D eigenvalue weighted by Gasteiger charge is 2.37. The molecule has 0 fully saturated rings. The van der Waals surface area contributed by atoms with Crippen LogP contribution in [0, 0.1) is 11.3 Å². The summed E-state index contributed by atoms with van der Waals surface area (Å²) >= 11 is 5.69. The molecule has 19 heavy (non-hydrogen) atoms. The molecule has 2 heterocycles. The van der Waals surface area contributed by atoms with Crippen molar-refractivity contribution >= 4 is 22.8 Å². The molecule has 2 aromatic rings. The topological polar surface area (TPSA) is 54.5 Å². The Bertz CT molecular complexity index is 642. The first-order valence-electron chi connectivity index (χ1n) is 5.39. The fourth-order valence-electron chi connectivity index (χ4n) is 1.73. The summed E-state index contributed by atoms with van der Waals surface area (Å²) in [7, 11) is 0. The van der Waals surface area contributed by atoms with E-state index < -0.39 is 12.0 Å². The van der Waals surface area contributed by atoms with Crippen LogP contribution in [0.1, 0.15) is 18.7 Å². The number of rotatable bonds is 3. The lowest BCUT2D eigenvalue weighted by atomic mass is 10.3. The highest BCUT2D eigenvalue weighted by atomic mass is 35.5. The number of pyridine rings is 1. The number of fused-ring (bicyclic) bond motifs is 1. The molecule has 4 nitrogen and oxygen atoms in total. The number of hydrogen-bond acceptors (Lipinski definition) is 3. The first kappa shape index (κ1) is 13.6. The van der Waals surface area contributed by atoms with Crippen molar-refractivity contribution < 1.29 is 13.2 Å². The fourth-order valence-corrected chi connectivity index (χ4v) is 1.88. The highest BCUT2D eigenvalue weighted by Crippen LogP contribution is 2.31. The van der Waals surface area contributed by atoms with Crippen LogP contribution in [0.2, 0.25) is 5.02 Å². The van der Waals surface area contributed by atoms with Gasteiger partial charge < -0.3 is 4.57 Å². The third-order valence-corrected chi connectivity index (χ3v) is 2.68. The molecule has 0 unspecified atom stereocenters. The van der Waals surface area contributed by atoms with E-state index in [4.69, 9.17) is 16.9 Å². The molecule has 0 radical (unpaired) electrons. The number of nitrogens with zero attached hydrogens (tertiary/aromatic N) is 4. The summed E-state index contributed by atoms with van der Waals surface area (Å²) in [6.45, 7) is 0.0353. The van der Waals surface area contributed by atoms with E-state index in [1.165, 1.54) is 12.3 Å². The Kier molecular flexibility index (Phi) is 3.62. The van der Waals surface area contributed by atoms with Crippen molar-refractivity contribution in [3.63, 3.8) is 0 Å². The number of aryl methyl sites for hydroxylation is 1.